The van der Waals surface area contributed by atoms with E-state index in [4.69, 9.17) is 0 Å². The van der Waals surface area contributed by atoms with Crippen molar-refractivity contribution in [3.05, 3.63) is 72.1 Å². The van der Waals surface area contributed by atoms with E-state index >= 15 is 0 Å². The molecule has 33 heavy (non-hydrogen) atoms. The van der Waals surface area contributed by atoms with Crippen LogP contribution >= 0.6 is 0 Å². The SMILES string of the molecule is O=C(CCCc1ccccc1)N1CCC(CN2CCCc3cc(-c4cn[nH]c4)ccc32)CC1. The van der Waals surface area contributed by atoms with E-state index in [9.17, 15) is 4.79 Å². The van der Waals surface area contributed by atoms with Crippen molar-refractivity contribution >= 4 is 11.6 Å². The highest BCUT2D eigenvalue weighted by Crippen LogP contribution is 2.33. The third-order valence-corrected chi connectivity index (χ3v) is 7.27. The number of carbonyl (C=O) groups excluding carboxylic acids is 1. The Balaban J connectivity index is 1.11. The molecule has 2 aliphatic heterocycles. The molecule has 5 heteroatoms. The number of carbonyl (C=O) groups is 1. The molecule has 5 rings (SSSR count). The molecule has 0 aliphatic carbocycles. The van der Waals surface area contributed by atoms with Crippen LogP contribution in [0.2, 0.25) is 0 Å². The molecule has 5 nitrogen and oxygen atoms in total. The monoisotopic (exact) mass is 442 g/mol. The number of anilines is 1. The van der Waals surface area contributed by atoms with Crippen LogP contribution in [0.25, 0.3) is 11.1 Å². The number of rotatable bonds is 7. The van der Waals surface area contributed by atoms with Crippen LogP contribution in [0.5, 0.6) is 0 Å². The minimum Gasteiger partial charge on any atom is -0.371 e. The van der Waals surface area contributed by atoms with Gasteiger partial charge in [0.15, 0.2) is 0 Å². The van der Waals surface area contributed by atoms with E-state index in [1.54, 1.807) is 0 Å². The van der Waals surface area contributed by atoms with Gasteiger partial charge in [-0.05, 0) is 73.3 Å². The van der Waals surface area contributed by atoms with Crippen LogP contribution in [0, 0.1) is 5.92 Å². The largest absolute Gasteiger partial charge is 0.371 e. The number of benzene rings is 2. The molecule has 0 bridgehead atoms. The fourth-order valence-corrected chi connectivity index (χ4v) is 5.38. The van der Waals surface area contributed by atoms with Crippen molar-refractivity contribution in [2.45, 2.75) is 44.9 Å². The molecule has 2 aliphatic rings. The molecular weight excluding hydrogens is 408 g/mol. The van der Waals surface area contributed by atoms with Gasteiger partial charge in [0.25, 0.3) is 0 Å². The zero-order chi connectivity index (χ0) is 22.5. The van der Waals surface area contributed by atoms with E-state index in [0.29, 0.717) is 18.2 Å². The zero-order valence-corrected chi connectivity index (χ0v) is 19.4. The molecule has 1 saturated heterocycles. The first-order valence-electron chi connectivity index (χ1n) is 12.4. The smallest absolute Gasteiger partial charge is 0.222 e. The Morgan fingerprint density at radius 2 is 1.88 bits per heavy atom. The molecule has 0 spiro atoms. The van der Waals surface area contributed by atoms with E-state index in [0.717, 1.165) is 63.8 Å². The number of nitrogens with one attached hydrogen (secondary N) is 1. The maximum absolute atomic E-state index is 12.7. The molecule has 1 fully saturated rings. The van der Waals surface area contributed by atoms with Gasteiger partial charge < -0.3 is 9.80 Å². The maximum atomic E-state index is 12.7. The van der Waals surface area contributed by atoms with Gasteiger partial charge in [0.1, 0.15) is 0 Å². The zero-order valence-electron chi connectivity index (χ0n) is 19.4. The summed E-state index contributed by atoms with van der Waals surface area (Å²) in [4.78, 5) is 17.4. The fraction of sp³-hybridized carbons (Fsp3) is 0.429. The van der Waals surface area contributed by atoms with Crippen LogP contribution in [-0.4, -0.2) is 47.2 Å². The average molecular weight is 443 g/mol. The van der Waals surface area contributed by atoms with Crippen LogP contribution in [0.1, 0.15) is 43.2 Å². The molecule has 2 aromatic carbocycles. The van der Waals surface area contributed by atoms with Gasteiger partial charge in [-0.3, -0.25) is 9.89 Å². The highest BCUT2D eigenvalue weighted by molar-refractivity contribution is 5.76. The fourth-order valence-electron chi connectivity index (χ4n) is 5.38. The number of fused-ring (bicyclic) bond motifs is 1. The summed E-state index contributed by atoms with van der Waals surface area (Å²) in [7, 11) is 0. The van der Waals surface area contributed by atoms with Gasteiger partial charge in [-0.25, -0.2) is 0 Å². The highest BCUT2D eigenvalue weighted by Gasteiger charge is 2.26. The van der Waals surface area contributed by atoms with Crippen molar-refractivity contribution in [2.75, 3.05) is 31.1 Å². The van der Waals surface area contributed by atoms with E-state index in [1.165, 1.54) is 28.8 Å². The molecule has 0 atom stereocenters. The number of hydrogen-bond donors (Lipinski definition) is 1. The first kappa shape index (κ1) is 21.7. The standard InChI is InChI=1S/C28H34N4O/c33-28(10-4-8-22-6-2-1-3-7-22)31-16-13-23(14-17-31)21-32-15-5-9-25-18-24(11-12-27(25)32)26-19-29-30-20-26/h1-3,6-7,11-12,18-20,23H,4-5,8-10,13-17,21H2,(H,29,30). The summed E-state index contributed by atoms with van der Waals surface area (Å²) < 4.78 is 0. The summed E-state index contributed by atoms with van der Waals surface area (Å²) in [5, 5.41) is 7.00. The normalized spacial score (nSPS) is 16.6. The first-order chi connectivity index (χ1) is 16.3. The summed E-state index contributed by atoms with van der Waals surface area (Å²) in [5.41, 5.74) is 6.56. The minimum atomic E-state index is 0.333. The van der Waals surface area contributed by atoms with E-state index in [-0.39, 0.29) is 0 Å². The number of piperidine rings is 1. The summed E-state index contributed by atoms with van der Waals surface area (Å²) in [6.45, 7) is 4.06. The number of H-pyrrole nitrogens is 1. The van der Waals surface area contributed by atoms with Gasteiger partial charge in [-0.1, -0.05) is 36.4 Å². The molecule has 1 aromatic heterocycles. The number of aromatic amines is 1. The second-order valence-electron chi connectivity index (χ2n) is 9.54. The lowest BCUT2D eigenvalue weighted by molar-refractivity contribution is -0.132. The second kappa shape index (κ2) is 10.2. The van der Waals surface area contributed by atoms with Gasteiger partial charge in [0, 0.05) is 50.0 Å². The van der Waals surface area contributed by atoms with Crippen molar-refractivity contribution in [2.24, 2.45) is 5.92 Å². The Morgan fingerprint density at radius 3 is 2.67 bits per heavy atom. The molecular formula is C28H34N4O. The van der Waals surface area contributed by atoms with Gasteiger partial charge in [0.2, 0.25) is 5.91 Å². The number of likely N-dealkylation sites (tertiary alicyclic amines) is 1. The van der Waals surface area contributed by atoms with E-state index < -0.39 is 0 Å². The summed E-state index contributed by atoms with van der Waals surface area (Å²) in [5.74, 6) is 0.998. The van der Waals surface area contributed by atoms with Crippen LogP contribution in [0.15, 0.2) is 60.9 Å². The summed E-state index contributed by atoms with van der Waals surface area (Å²) >= 11 is 0. The molecule has 1 N–H and O–H groups in total. The lowest BCUT2D eigenvalue weighted by Crippen LogP contribution is -2.42. The first-order valence-corrected chi connectivity index (χ1v) is 12.4. The highest BCUT2D eigenvalue weighted by atomic mass is 16.2. The Bertz CT molecular complexity index is 1040. The predicted octanol–water partition coefficient (Wildman–Crippen LogP) is 5.09. The van der Waals surface area contributed by atoms with Crippen LogP contribution in [0.3, 0.4) is 0 Å². The Hall–Kier alpha value is -3.08. The Morgan fingerprint density at radius 1 is 1.03 bits per heavy atom. The van der Waals surface area contributed by atoms with Crippen molar-refractivity contribution in [3.63, 3.8) is 0 Å². The Kier molecular flexibility index (Phi) is 6.75. The molecule has 1 amide bonds. The van der Waals surface area contributed by atoms with Gasteiger partial charge in [-0.2, -0.15) is 5.10 Å². The van der Waals surface area contributed by atoms with Gasteiger partial charge in [0.05, 0.1) is 6.20 Å². The quantitative estimate of drug-likeness (QED) is 0.554. The number of nitrogens with zero attached hydrogens (tertiary/aromatic N) is 3. The topological polar surface area (TPSA) is 52.2 Å². The number of aryl methyl sites for hydroxylation is 2. The van der Waals surface area contributed by atoms with Crippen molar-refractivity contribution in [3.8, 4) is 11.1 Å². The van der Waals surface area contributed by atoms with Gasteiger partial charge >= 0.3 is 0 Å². The minimum absolute atomic E-state index is 0.333. The molecule has 172 valence electrons. The van der Waals surface area contributed by atoms with Crippen molar-refractivity contribution in [1.29, 1.82) is 0 Å². The molecule has 0 unspecified atom stereocenters. The Labute approximate surface area is 196 Å². The number of hydrogen-bond acceptors (Lipinski definition) is 3. The third kappa shape index (κ3) is 5.29. The summed E-state index contributed by atoms with van der Waals surface area (Å²) in [6.07, 6.45) is 11.0. The lowest BCUT2D eigenvalue weighted by Gasteiger charge is -2.38. The van der Waals surface area contributed by atoms with Crippen LogP contribution in [-0.2, 0) is 17.6 Å². The third-order valence-electron chi connectivity index (χ3n) is 7.27. The average Bonchev–Trinajstić information content (AvgIpc) is 3.40. The maximum Gasteiger partial charge on any atom is 0.222 e. The molecule has 3 aromatic rings. The number of aromatic nitrogens is 2. The number of amides is 1. The summed E-state index contributed by atoms with van der Waals surface area (Å²) in [6, 6.07) is 17.3. The molecule has 3 heterocycles. The van der Waals surface area contributed by atoms with Crippen molar-refractivity contribution in [1.82, 2.24) is 15.1 Å². The van der Waals surface area contributed by atoms with Gasteiger partial charge in [-0.15, -0.1) is 0 Å². The lowest BCUT2D eigenvalue weighted by atomic mass is 9.92. The van der Waals surface area contributed by atoms with Crippen LogP contribution < -0.4 is 4.90 Å². The molecule has 0 radical (unpaired) electrons. The predicted molar refractivity (Wildman–Crippen MR) is 133 cm³/mol. The van der Waals surface area contributed by atoms with Crippen molar-refractivity contribution < 1.29 is 4.79 Å². The van der Waals surface area contributed by atoms with E-state index in [1.807, 2.05) is 18.5 Å². The molecule has 0 saturated carbocycles. The van der Waals surface area contributed by atoms with Crippen LogP contribution in [0.4, 0.5) is 5.69 Å². The second-order valence-corrected chi connectivity index (χ2v) is 9.54. The van der Waals surface area contributed by atoms with E-state index in [2.05, 4.69) is 62.5 Å².